The average molecular weight is 421 g/mol. The standard InChI is InChI=1S/C24H28N4O3/c1-24(2,29)16-31-22-15-20(28-9-11-30-12-10-28)14-21(26-22)23(27-25)19-8-7-17-5-3-4-6-18(17)13-19/h3-8,13-15,29H,9-12,16,25H2,1-2H3. The molecule has 0 aliphatic carbocycles. The minimum atomic E-state index is -0.972. The first kappa shape index (κ1) is 21.1. The number of hydrogen-bond acceptors (Lipinski definition) is 7. The van der Waals surface area contributed by atoms with Crippen LogP contribution in [0.5, 0.6) is 5.88 Å². The quantitative estimate of drug-likeness (QED) is 0.362. The van der Waals surface area contributed by atoms with Gasteiger partial charge in [0.25, 0.3) is 0 Å². The lowest BCUT2D eigenvalue weighted by Crippen LogP contribution is -2.36. The highest BCUT2D eigenvalue weighted by Crippen LogP contribution is 2.26. The van der Waals surface area contributed by atoms with Crippen LogP contribution in [0.1, 0.15) is 25.1 Å². The van der Waals surface area contributed by atoms with Gasteiger partial charge >= 0.3 is 0 Å². The number of rotatable bonds is 6. The van der Waals surface area contributed by atoms with Gasteiger partial charge in [0.2, 0.25) is 5.88 Å². The third-order valence-corrected chi connectivity index (χ3v) is 5.13. The van der Waals surface area contributed by atoms with Crippen molar-refractivity contribution in [3.8, 4) is 5.88 Å². The molecule has 1 aliphatic rings. The highest BCUT2D eigenvalue weighted by Gasteiger charge is 2.19. The predicted octanol–water partition coefficient (Wildman–Crippen LogP) is 2.93. The molecule has 3 N–H and O–H groups in total. The summed E-state index contributed by atoms with van der Waals surface area (Å²) >= 11 is 0. The van der Waals surface area contributed by atoms with Gasteiger partial charge in [0.1, 0.15) is 12.3 Å². The summed E-state index contributed by atoms with van der Waals surface area (Å²) in [5.74, 6) is 6.26. The van der Waals surface area contributed by atoms with Crippen LogP contribution in [0.25, 0.3) is 10.8 Å². The van der Waals surface area contributed by atoms with E-state index >= 15 is 0 Å². The van der Waals surface area contributed by atoms with Crippen LogP contribution in [0.15, 0.2) is 59.7 Å². The number of hydrogen-bond donors (Lipinski definition) is 2. The SMILES string of the molecule is CC(C)(O)COc1cc(N2CCOCC2)cc(C(=NN)c2ccc3ccccc3c2)n1. The van der Waals surface area contributed by atoms with Crippen LogP contribution in [-0.2, 0) is 4.74 Å². The summed E-state index contributed by atoms with van der Waals surface area (Å²) in [4.78, 5) is 6.88. The Morgan fingerprint density at radius 2 is 1.87 bits per heavy atom. The molecule has 1 aromatic heterocycles. The molecule has 0 unspecified atom stereocenters. The first-order valence-corrected chi connectivity index (χ1v) is 10.4. The van der Waals surface area contributed by atoms with E-state index < -0.39 is 5.60 Å². The Hall–Kier alpha value is -3.16. The summed E-state index contributed by atoms with van der Waals surface area (Å²) < 4.78 is 11.3. The van der Waals surface area contributed by atoms with E-state index in [0.29, 0.717) is 30.5 Å². The third kappa shape index (κ3) is 5.13. The number of hydrazone groups is 1. The van der Waals surface area contributed by atoms with Crippen molar-refractivity contribution in [1.82, 2.24) is 4.98 Å². The second-order valence-corrected chi connectivity index (χ2v) is 8.29. The first-order chi connectivity index (χ1) is 14.9. The smallest absolute Gasteiger partial charge is 0.216 e. The van der Waals surface area contributed by atoms with E-state index in [1.807, 2.05) is 36.4 Å². The van der Waals surface area contributed by atoms with Crippen LogP contribution in [-0.4, -0.2) is 54.3 Å². The zero-order valence-electron chi connectivity index (χ0n) is 17.9. The van der Waals surface area contributed by atoms with Gasteiger partial charge in [0.15, 0.2) is 0 Å². The molecule has 0 bridgehead atoms. The van der Waals surface area contributed by atoms with Gasteiger partial charge in [-0.2, -0.15) is 5.10 Å². The highest BCUT2D eigenvalue weighted by molar-refractivity contribution is 6.13. The van der Waals surface area contributed by atoms with Crippen molar-refractivity contribution in [3.05, 3.63) is 65.9 Å². The Labute approximate surface area is 182 Å². The number of ether oxygens (including phenoxy) is 2. The molecule has 1 aliphatic heterocycles. The molecule has 2 aromatic carbocycles. The molecular formula is C24H28N4O3. The zero-order valence-corrected chi connectivity index (χ0v) is 17.9. The summed E-state index contributed by atoms with van der Waals surface area (Å²) in [6.45, 7) is 6.40. The monoisotopic (exact) mass is 420 g/mol. The fraction of sp³-hybridized carbons (Fsp3) is 0.333. The van der Waals surface area contributed by atoms with E-state index in [-0.39, 0.29) is 6.61 Å². The van der Waals surface area contributed by atoms with Gasteiger partial charge in [-0.05, 0) is 36.8 Å². The zero-order chi connectivity index (χ0) is 21.8. The van der Waals surface area contributed by atoms with Gasteiger partial charge in [-0.25, -0.2) is 4.98 Å². The molecule has 0 spiro atoms. The van der Waals surface area contributed by atoms with Crippen LogP contribution in [0.2, 0.25) is 0 Å². The van der Waals surface area contributed by atoms with Gasteiger partial charge in [-0.15, -0.1) is 0 Å². The summed E-state index contributed by atoms with van der Waals surface area (Å²) in [5.41, 5.74) is 2.06. The van der Waals surface area contributed by atoms with E-state index in [9.17, 15) is 5.11 Å². The second kappa shape index (κ2) is 8.91. The van der Waals surface area contributed by atoms with Crippen molar-refractivity contribution in [2.75, 3.05) is 37.8 Å². The summed E-state index contributed by atoms with van der Waals surface area (Å²) in [5, 5.41) is 16.4. The van der Waals surface area contributed by atoms with E-state index in [4.69, 9.17) is 15.3 Å². The fourth-order valence-corrected chi connectivity index (χ4v) is 3.57. The molecule has 31 heavy (non-hydrogen) atoms. The van der Waals surface area contributed by atoms with Crippen molar-refractivity contribution in [3.63, 3.8) is 0 Å². The number of aromatic nitrogens is 1. The van der Waals surface area contributed by atoms with Crippen LogP contribution in [0, 0.1) is 0 Å². The Balaban J connectivity index is 1.74. The molecule has 162 valence electrons. The molecular weight excluding hydrogens is 392 g/mol. The summed E-state index contributed by atoms with van der Waals surface area (Å²) in [6.07, 6.45) is 0. The Morgan fingerprint density at radius 3 is 2.58 bits per heavy atom. The maximum atomic E-state index is 10.1. The molecule has 7 heteroatoms. The van der Waals surface area contributed by atoms with E-state index in [2.05, 4.69) is 33.2 Å². The van der Waals surface area contributed by atoms with Crippen LogP contribution in [0.3, 0.4) is 0 Å². The lowest BCUT2D eigenvalue weighted by atomic mass is 10.0. The number of morpholine rings is 1. The summed E-state index contributed by atoms with van der Waals surface area (Å²) in [7, 11) is 0. The Morgan fingerprint density at radius 1 is 1.13 bits per heavy atom. The van der Waals surface area contributed by atoms with Gasteiger partial charge < -0.3 is 25.3 Å². The molecule has 0 saturated carbocycles. The maximum Gasteiger partial charge on any atom is 0.216 e. The topological polar surface area (TPSA) is 93.2 Å². The fourth-order valence-electron chi connectivity index (χ4n) is 3.57. The van der Waals surface area contributed by atoms with Crippen molar-refractivity contribution >= 4 is 22.2 Å². The van der Waals surface area contributed by atoms with Gasteiger partial charge in [0, 0.05) is 30.4 Å². The minimum Gasteiger partial charge on any atom is -0.475 e. The van der Waals surface area contributed by atoms with Gasteiger partial charge in [-0.3, -0.25) is 0 Å². The summed E-state index contributed by atoms with van der Waals surface area (Å²) in [6, 6.07) is 18.1. The van der Waals surface area contributed by atoms with Crippen LogP contribution in [0.4, 0.5) is 5.69 Å². The number of nitrogens with zero attached hydrogens (tertiary/aromatic N) is 3. The number of nitrogens with two attached hydrogens (primary N) is 1. The molecule has 3 aromatic rings. The molecule has 1 saturated heterocycles. The van der Waals surface area contributed by atoms with E-state index in [0.717, 1.165) is 35.1 Å². The van der Waals surface area contributed by atoms with Crippen molar-refractivity contribution in [2.45, 2.75) is 19.4 Å². The number of anilines is 1. The van der Waals surface area contributed by atoms with Gasteiger partial charge in [-0.1, -0.05) is 36.4 Å². The Bertz CT molecular complexity index is 1090. The molecule has 1 fully saturated rings. The third-order valence-electron chi connectivity index (χ3n) is 5.13. The number of benzene rings is 2. The minimum absolute atomic E-state index is 0.122. The first-order valence-electron chi connectivity index (χ1n) is 10.4. The molecule has 0 atom stereocenters. The van der Waals surface area contributed by atoms with E-state index in [1.165, 1.54) is 0 Å². The molecule has 2 heterocycles. The maximum absolute atomic E-state index is 10.1. The number of pyridine rings is 1. The Kier molecular flexibility index (Phi) is 6.06. The van der Waals surface area contributed by atoms with Gasteiger partial charge in [0.05, 0.1) is 24.5 Å². The molecule has 0 amide bonds. The average Bonchev–Trinajstić information content (AvgIpc) is 2.78. The molecule has 0 radical (unpaired) electrons. The van der Waals surface area contributed by atoms with Crippen LogP contribution < -0.4 is 15.5 Å². The van der Waals surface area contributed by atoms with Crippen molar-refractivity contribution in [2.24, 2.45) is 10.9 Å². The number of aliphatic hydroxyl groups is 1. The lowest BCUT2D eigenvalue weighted by molar-refractivity contribution is 0.0268. The normalized spacial score (nSPS) is 15.3. The number of fused-ring (bicyclic) bond motifs is 1. The predicted molar refractivity (Wildman–Crippen MR) is 123 cm³/mol. The van der Waals surface area contributed by atoms with Crippen molar-refractivity contribution in [1.29, 1.82) is 0 Å². The van der Waals surface area contributed by atoms with Crippen molar-refractivity contribution < 1.29 is 14.6 Å². The molecule has 7 nitrogen and oxygen atoms in total. The lowest BCUT2D eigenvalue weighted by Gasteiger charge is -2.29. The molecule has 4 rings (SSSR count). The largest absolute Gasteiger partial charge is 0.475 e. The van der Waals surface area contributed by atoms with E-state index in [1.54, 1.807) is 13.8 Å². The highest BCUT2D eigenvalue weighted by atomic mass is 16.5. The van der Waals surface area contributed by atoms with Crippen LogP contribution >= 0.6 is 0 Å². The second-order valence-electron chi connectivity index (χ2n) is 8.29.